The van der Waals surface area contributed by atoms with E-state index in [0.717, 1.165) is 5.39 Å². The molecule has 0 saturated carbocycles. The molecule has 0 atom stereocenters. The summed E-state index contributed by atoms with van der Waals surface area (Å²) in [6.07, 6.45) is 0. The summed E-state index contributed by atoms with van der Waals surface area (Å²) in [5.74, 6) is 0.207. The summed E-state index contributed by atoms with van der Waals surface area (Å²) in [7, 11) is 1.53. The molecule has 1 heterocycles. The van der Waals surface area contributed by atoms with Crippen LogP contribution in [0.2, 0.25) is 0 Å². The molecule has 0 spiro atoms. The van der Waals surface area contributed by atoms with E-state index in [0.29, 0.717) is 11.4 Å². The first-order chi connectivity index (χ1) is 5.81. The Balaban J connectivity index is 2.73. The first-order valence-electron chi connectivity index (χ1n) is 3.49. The van der Waals surface area contributed by atoms with E-state index in [1.54, 1.807) is 6.07 Å². The molecule has 0 bridgehead atoms. The largest absolute Gasteiger partial charge is 0.480 e. The van der Waals surface area contributed by atoms with Crippen LogP contribution in [-0.2, 0) is 0 Å². The normalized spacial score (nSPS) is 10.5. The van der Waals surface area contributed by atoms with E-state index in [9.17, 15) is 4.39 Å². The van der Waals surface area contributed by atoms with Crippen LogP contribution < -0.4 is 4.74 Å². The third kappa shape index (κ3) is 0.922. The Morgan fingerprint density at radius 3 is 3.08 bits per heavy atom. The molecule has 1 aromatic carbocycles. The molecule has 0 fully saturated rings. The van der Waals surface area contributed by atoms with Crippen molar-refractivity contribution in [3.63, 3.8) is 0 Å². The van der Waals surface area contributed by atoms with Gasteiger partial charge in [-0.3, -0.25) is 5.10 Å². The van der Waals surface area contributed by atoms with Gasteiger partial charge < -0.3 is 4.74 Å². The lowest BCUT2D eigenvalue weighted by atomic mass is 10.2. The molecule has 3 nitrogen and oxygen atoms in total. The second kappa shape index (κ2) is 2.48. The smallest absolute Gasteiger partial charge is 0.240 e. The number of halogens is 1. The van der Waals surface area contributed by atoms with Gasteiger partial charge in [0.15, 0.2) is 0 Å². The second-order valence-corrected chi connectivity index (χ2v) is 2.42. The molecule has 62 valence electrons. The number of rotatable bonds is 1. The maximum absolute atomic E-state index is 12.7. The maximum Gasteiger partial charge on any atom is 0.240 e. The third-order valence-corrected chi connectivity index (χ3v) is 1.68. The van der Waals surface area contributed by atoms with Gasteiger partial charge in [0, 0.05) is 0 Å². The fourth-order valence-electron chi connectivity index (χ4n) is 1.12. The van der Waals surface area contributed by atoms with Crippen molar-refractivity contribution in [3.8, 4) is 5.88 Å². The number of aromatic nitrogens is 2. The zero-order chi connectivity index (χ0) is 8.55. The van der Waals surface area contributed by atoms with Crippen LogP contribution in [-0.4, -0.2) is 17.3 Å². The second-order valence-electron chi connectivity index (χ2n) is 2.42. The van der Waals surface area contributed by atoms with Crippen molar-refractivity contribution < 1.29 is 9.13 Å². The quantitative estimate of drug-likeness (QED) is 0.700. The van der Waals surface area contributed by atoms with Crippen LogP contribution in [0.4, 0.5) is 4.39 Å². The van der Waals surface area contributed by atoms with Crippen LogP contribution >= 0.6 is 0 Å². The summed E-state index contributed by atoms with van der Waals surface area (Å²) in [6.45, 7) is 0. The molecular formula is C8H7FN2O. The number of hydrogen-bond donors (Lipinski definition) is 1. The first-order valence-corrected chi connectivity index (χ1v) is 3.49. The van der Waals surface area contributed by atoms with Crippen molar-refractivity contribution in [1.29, 1.82) is 0 Å². The van der Waals surface area contributed by atoms with Gasteiger partial charge in [0.05, 0.1) is 18.0 Å². The third-order valence-electron chi connectivity index (χ3n) is 1.68. The molecular weight excluding hydrogens is 159 g/mol. The predicted molar refractivity (Wildman–Crippen MR) is 42.6 cm³/mol. The molecule has 1 aromatic heterocycles. The van der Waals surface area contributed by atoms with Crippen LogP contribution in [0, 0.1) is 5.82 Å². The summed E-state index contributed by atoms with van der Waals surface area (Å²) in [5.41, 5.74) is 0.645. The Bertz CT molecular complexity index is 410. The molecule has 0 amide bonds. The lowest BCUT2D eigenvalue weighted by Gasteiger charge is -1.92. The monoisotopic (exact) mass is 166 g/mol. The van der Waals surface area contributed by atoms with Gasteiger partial charge in [-0.15, -0.1) is 5.10 Å². The van der Waals surface area contributed by atoms with Crippen LogP contribution in [0.15, 0.2) is 18.2 Å². The van der Waals surface area contributed by atoms with Crippen LogP contribution in [0.5, 0.6) is 5.88 Å². The van der Waals surface area contributed by atoms with Gasteiger partial charge in [0.1, 0.15) is 5.82 Å². The number of nitrogens with zero attached hydrogens (tertiary/aromatic N) is 1. The average molecular weight is 166 g/mol. The molecule has 2 aromatic rings. The summed E-state index contributed by atoms with van der Waals surface area (Å²) in [6, 6.07) is 4.39. The van der Waals surface area contributed by atoms with Gasteiger partial charge in [-0.25, -0.2) is 4.39 Å². The van der Waals surface area contributed by atoms with E-state index >= 15 is 0 Å². The summed E-state index contributed by atoms with van der Waals surface area (Å²) >= 11 is 0. The van der Waals surface area contributed by atoms with E-state index in [1.807, 2.05) is 0 Å². The molecule has 2 rings (SSSR count). The highest BCUT2D eigenvalue weighted by atomic mass is 19.1. The number of nitrogens with one attached hydrogen (secondary N) is 1. The minimum Gasteiger partial charge on any atom is -0.480 e. The number of ether oxygens (including phenoxy) is 1. The first kappa shape index (κ1) is 7.09. The molecule has 0 unspecified atom stereocenters. The molecule has 0 saturated heterocycles. The molecule has 4 heteroatoms. The highest BCUT2D eigenvalue weighted by Crippen LogP contribution is 2.22. The fourth-order valence-corrected chi connectivity index (χ4v) is 1.12. The van der Waals surface area contributed by atoms with Gasteiger partial charge in [-0.2, -0.15) is 0 Å². The highest BCUT2D eigenvalue weighted by Gasteiger charge is 2.04. The summed E-state index contributed by atoms with van der Waals surface area (Å²) < 4.78 is 17.6. The minimum atomic E-state index is -0.284. The van der Waals surface area contributed by atoms with E-state index in [1.165, 1.54) is 19.2 Å². The molecule has 0 aliphatic heterocycles. The maximum atomic E-state index is 12.7. The lowest BCUT2D eigenvalue weighted by Crippen LogP contribution is -1.81. The zero-order valence-corrected chi connectivity index (χ0v) is 6.47. The van der Waals surface area contributed by atoms with Crippen molar-refractivity contribution in [2.45, 2.75) is 0 Å². The molecule has 1 N–H and O–H groups in total. The molecule has 0 radical (unpaired) electrons. The van der Waals surface area contributed by atoms with Gasteiger partial charge in [-0.05, 0) is 18.2 Å². The lowest BCUT2D eigenvalue weighted by molar-refractivity contribution is 0.401. The average Bonchev–Trinajstić information content (AvgIpc) is 2.46. The van der Waals surface area contributed by atoms with Gasteiger partial charge in [-0.1, -0.05) is 0 Å². The van der Waals surface area contributed by atoms with Gasteiger partial charge >= 0.3 is 0 Å². The van der Waals surface area contributed by atoms with Gasteiger partial charge in [0.25, 0.3) is 0 Å². The molecule has 12 heavy (non-hydrogen) atoms. The Morgan fingerprint density at radius 2 is 2.33 bits per heavy atom. The predicted octanol–water partition coefficient (Wildman–Crippen LogP) is 1.71. The number of benzene rings is 1. The van der Waals surface area contributed by atoms with Crippen LogP contribution in [0.3, 0.4) is 0 Å². The van der Waals surface area contributed by atoms with E-state index < -0.39 is 0 Å². The van der Waals surface area contributed by atoms with Crippen molar-refractivity contribution in [2.24, 2.45) is 0 Å². The number of methoxy groups -OCH3 is 1. The minimum absolute atomic E-state index is 0.284. The van der Waals surface area contributed by atoms with Crippen LogP contribution in [0.25, 0.3) is 10.9 Å². The Morgan fingerprint density at radius 1 is 1.50 bits per heavy atom. The van der Waals surface area contributed by atoms with Crippen LogP contribution in [0.1, 0.15) is 0 Å². The SMILES string of the molecule is COc1n[nH]c2cc(F)ccc12. The van der Waals surface area contributed by atoms with E-state index in [4.69, 9.17) is 4.74 Å². The number of aromatic amines is 1. The number of H-pyrrole nitrogens is 1. The zero-order valence-electron chi connectivity index (χ0n) is 6.47. The number of hydrogen-bond acceptors (Lipinski definition) is 2. The van der Waals surface area contributed by atoms with Crippen molar-refractivity contribution in [2.75, 3.05) is 7.11 Å². The van der Waals surface area contributed by atoms with E-state index in [-0.39, 0.29) is 5.82 Å². The standard InChI is InChI=1S/C8H7FN2O/c1-12-8-6-3-2-5(9)4-7(6)10-11-8/h2-4H,1H3,(H,10,11). The number of fused-ring (bicyclic) bond motifs is 1. The van der Waals surface area contributed by atoms with Crippen molar-refractivity contribution >= 4 is 10.9 Å². The molecule has 0 aliphatic carbocycles. The Kier molecular flexibility index (Phi) is 1.46. The van der Waals surface area contributed by atoms with Gasteiger partial charge in [0.2, 0.25) is 5.88 Å². The topological polar surface area (TPSA) is 37.9 Å². The summed E-state index contributed by atoms with van der Waals surface area (Å²) in [4.78, 5) is 0. The fraction of sp³-hybridized carbons (Fsp3) is 0.125. The molecule has 0 aliphatic rings. The Hall–Kier alpha value is -1.58. The summed E-state index contributed by atoms with van der Waals surface area (Å²) in [5, 5.41) is 7.30. The van der Waals surface area contributed by atoms with Crippen molar-refractivity contribution in [1.82, 2.24) is 10.2 Å². The highest BCUT2D eigenvalue weighted by molar-refractivity contribution is 5.83. The van der Waals surface area contributed by atoms with E-state index in [2.05, 4.69) is 10.2 Å². The Labute approximate surface area is 68.2 Å². The van der Waals surface area contributed by atoms with Crippen molar-refractivity contribution in [3.05, 3.63) is 24.0 Å².